The molecule has 156 valence electrons. The van der Waals surface area contributed by atoms with E-state index in [-0.39, 0.29) is 11.6 Å². The van der Waals surface area contributed by atoms with Crippen molar-refractivity contribution in [3.8, 4) is 17.1 Å². The highest BCUT2D eigenvalue weighted by Gasteiger charge is 2.19. The van der Waals surface area contributed by atoms with Gasteiger partial charge in [-0.05, 0) is 66.2 Å². The van der Waals surface area contributed by atoms with Crippen molar-refractivity contribution in [2.75, 3.05) is 5.32 Å². The van der Waals surface area contributed by atoms with E-state index in [4.69, 9.17) is 0 Å². The number of benzene rings is 4. The van der Waals surface area contributed by atoms with Crippen LogP contribution in [0.25, 0.3) is 27.8 Å². The third kappa shape index (κ3) is 3.86. The zero-order chi connectivity index (χ0) is 22.1. The van der Waals surface area contributed by atoms with E-state index in [1.54, 1.807) is 16.8 Å². The van der Waals surface area contributed by atoms with Crippen LogP contribution in [0, 0.1) is 12.7 Å². The first-order valence-corrected chi connectivity index (χ1v) is 10.2. The molecule has 0 saturated heterocycles. The fourth-order valence-corrected chi connectivity index (χ4v) is 3.51. The van der Waals surface area contributed by atoms with E-state index in [9.17, 15) is 9.18 Å². The van der Waals surface area contributed by atoms with Crippen LogP contribution in [0.4, 0.5) is 10.1 Å². The highest BCUT2D eigenvalue weighted by atomic mass is 19.1. The van der Waals surface area contributed by atoms with E-state index < -0.39 is 5.91 Å². The van der Waals surface area contributed by atoms with E-state index in [1.165, 1.54) is 12.1 Å². The number of nitrogens with one attached hydrogen (secondary N) is 1. The van der Waals surface area contributed by atoms with Gasteiger partial charge in [0.2, 0.25) is 5.82 Å². The predicted molar refractivity (Wildman–Crippen MR) is 123 cm³/mol. The second-order valence-electron chi connectivity index (χ2n) is 7.53. The van der Waals surface area contributed by atoms with Gasteiger partial charge >= 0.3 is 0 Å². The summed E-state index contributed by atoms with van der Waals surface area (Å²) in [6.07, 6.45) is 0. The van der Waals surface area contributed by atoms with E-state index in [2.05, 4.69) is 15.4 Å². The number of halogens is 1. The molecule has 4 aromatic carbocycles. The number of aryl methyl sites for hydroxylation is 1. The summed E-state index contributed by atoms with van der Waals surface area (Å²) in [6, 6.07) is 27.3. The second-order valence-corrected chi connectivity index (χ2v) is 7.53. The van der Waals surface area contributed by atoms with E-state index in [0.717, 1.165) is 22.0 Å². The van der Waals surface area contributed by atoms with Crippen LogP contribution in [-0.4, -0.2) is 20.7 Å². The van der Waals surface area contributed by atoms with Crippen molar-refractivity contribution in [1.29, 1.82) is 0 Å². The average Bonchev–Trinajstić information content (AvgIpc) is 3.26. The molecule has 1 heterocycles. The summed E-state index contributed by atoms with van der Waals surface area (Å²) >= 11 is 0. The highest BCUT2D eigenvalue weighted by Crippen LogP contribution is 2.23. The van der Waals surface area contributed by atoms with Crippen LogP contribution in [0.1, 0.15) is 16.2 Å². The Morgan fingerprint density at radius 3 is 2.34 bits per heavy atom. The Balaban J connectivity index is 1.52. The fraction of sp³-hybridized carbons (Fsp3) is 0.0385. The number of rotatable bonds is 4. The van der Waals surface area contributed by atoms with Gasteiger partial charge in [-0.3, -0.25) is 4.79 Å². The van der Waals surface area contributed by atoms with Gasteiger partial charge in [0.15, 0.2) is 5.82 Å². The molecule has 0 radical (unpaired) electrons. The summed E-state index contributed by atoms with van der Waals surface area (Å²) in [5.74, 6) is -0.283. The van der Waals surface area contributed by atoms with Crippen LogP contribution in [0.5, 0.6) is 0 Å². The van der Waals surface area contributed by atoms with Gasteiger partial charge in [-0.25, -0.2) is 14.1 Å². The van der Waals surface area contributed by atoms with Crippen molar-refractivity contribution in [1.82, 2.24) is 14.8 Å². The summed E-state index contributed by atoms with van der Waals surface area (Å²) in [5, 5.41) is 9.45. The molecule has 1 amide bonds. The number of carbonyl (C=O) groups excluding carboxylic acids is 1. The zero-order valence-electron chi connectivity index (χ0n) is 17.3. The number of aromatic nitrogens is 3. The molecule has 0 saturated carbocycles. The molecule has 1 aromatic heterocycles. The van der Waals surface area contributed by atoms with Gasteiger partial charge in [0.25, 0.3) is 5.91 Å². The molecule has 5 aromatic rings. The zero-order valence-corrected chi connectivity index (χ0v) is 17.3. The molecule has 0 aliphatic heterocycles. The lowest BCUT2D eigenvalue weighted by Gasteiger charge is -2.06. The van der Waals surface area contributed by atoms with Crippen molar-refractivity contribution in [3.63, 3.8) is 0 Å². The Bertz CT molecular complexity index is 1360. The quantitative estimate of drug-likeness (QED) is 0.399. The largest absolute Gasteiger partial charge is 0.319 e. The molecule has 32 heavy (non-hydrogen) atoms. The third-order valence-electron chi connectivity index (χ3n) is 5.20. The molecular formula is C26H19FN4O. The molecule has 0 aliphatic rings. The van der Waals surface area contributed by atoms with Gasteiger partial charge < -0.3 is 5.32 Å². The summed E-state index contributed by atoms with van der Waals surface area (Å²) < 4.78 is 15.0. The van der Waals surface area contributed by atoms with Crippen LogP contribution in [0.2, 0.25) is 0 Å². The lowest BCUT2D eigenvalue weighted by Crippen LogP contribution is -2.14. The minimum Gasteiger partial charge on any atom is -0.319 e. The molecule has 0 atom stereocenters. The lowest BCUT2D eigenvalue weighted by molar-refractivity contribution is 0.101. The maximum Gasteiger partial charge on any atom is 0.295 e. The summed E-state index contributed by atoms with van der Waals surface area (Å²) in [4.78, 5) is 17.5. The molecular weight excluding hydrogens is 403 g/mol. The van der Waals surface area contributed by atoms with E-state index in [1.807, 2.05) is 73.7 Å². The number of hydrogen-bond acceptors (Lipinski definition) is 3. The van der Waals surface area contributed by atoms with Crippen molar-refractivity contribution in [2.45, 2.75) is 6.92 Å². The topological polar surface area (TPSA) is 59.8 Å². The van der Waals surface area contributed by atoms with Crippen molar-refractivity contribution in [2.24, 2.45) is 0 Å². The average molecular weight is 422 g/mol. The smallest absolute Gasteiger partial charge is 0.295 e. The molecule has 6 heteroatoms. The van der Waals surface area contributed by atoms with Gasteiger partial charge in [-0.1, -0.05) is 48.0 Å². The van der Waals surface area contributed by atoms with E-state index >= 15 is 0 Å². The minimum absolute atomic E-state index is 0.0260. The molecule has 0 unspecified atom stereocenters. The first-order valence-electron chi connectivity index (χ1n) is 10.2. The van der Waals surface area contributed by atoms with Crippen molar-refractivity contribution >= 4 is 22.4 Å². The number of amides is 1. The van der Waals surface area contributed by atoms with Gasteiger partial charge in [0.05, 0.1) is 5.69 Å². The minimum atomic E-state index is -0.422. The Morgan fingerprint density at radius 1 is 0.875 bits per heavy atom. The van der Waals surface area contributed by atoms with Gasteiger partial charge in [0.1, 0.15) is 5.82 Å². The molecule has 0 aliphatic carbocycles. The van der Waals surface area contributed by atoms with Crippen LogP contribution in [0.15, 0.2) is 91.0 Å². The number of hydrogen-bond donors (Lipinski definition) is 1. The van der Waals surface area contributed by atoms with E-state index in [0.29, 0.717) is 17.1 Å². The first kappa shape index (κ1) is 19.6. The number of carbonyl (C=O) groups is 1. The van der Waals surface area contributed by atoms with Crippen LogP contribution < -0.4 is 5.32 Å². The van der Waals surface area contributed by atoms with Crippen LogP contribution in [0.3, 0.4) is 0 Å². The van der Waals surface area contributed by atoms with Crippen LogP contribution in [-0.2, 0) is 0 Å². The normalized spacial score (nSPS) is 10.9. The Kier molecular flexibility index (Phi) is 4.95. The number of fused-ring (bicyclic) bond motifs is 1. The number of nitrogens with zero attached hydrogens (tertiary/aromatic N) is 3. The lowest BCUT2D eigenvalue weighted by atomic mass is 10.1. The van der Waals surface area contributed by atoms with Crippen molar-refractivity contribution < 1.29 is 9.18 Å². The first-order chi connectivity index (χ1) is 15.6. The molecule has 1 N–H and O–H groups in total. The summed E-state index contributed by atoms with van der Waals surface area (Å²) in [5.41, 5.74) is 3.17. The standard InChI is InChI=1S/C26H19FN4O/c1-17-6-14-23(15-7-17)31-25(19-8-11-21(27)12-9-19)29-24(30-31)26(32)28-22-13-10-18-4-2-3-5-20(18)16-22/h2-16H,1H3,(H,28,32). The fourth-order valence-electron chi connectivity index (χ4n) is 3.51. The molecule has 0 fully saturated rings. The maximum absolute atomic E-state index is 13.5. The van der Waals surface area contributed by atoms with Gasteiger partial charge in [-0.15, -0.1) is 5.10 Å². The summed E-state index contributed by atoms with van der Waals surface area (Å²) in [7, 11) is 0. The predicted octanol–water partition coefficient (Wildman–Crippen LogP) is 5.79. The molecule has 0 spiro atoms. The van der Waals surface area contributed by atoms with Crippen LogP contribution >= 0.6 is 0 Å². The number of anilines is 1. The van der Waals surface area contributed by atoms with Gasteiger partial charge in [-0.2, -0.15) is 0 Å². The molecule has 5 nitrogen and oxygen atoms in total. The Hall–Kier alpha value is -4.32. The Morgan fingerprint density at radius 2 is 1.59 bits per heavy atom. The summed E-state index contributed by atoms with van der Waals surface area (Å²) in [6.45, 7) is 1.99. The van der Waals surface area contributed by atoms with Gasteiger partial charge in [0, 0.05) is 11.3 Å². The third-order valence-corrected chi connectivity index (χ3v) is 5.20. The molecule has 5 rings (SSSR count). The second kappa shape index (κ2) is 8.07. The monoisotopic (exact) mass is 422 g/mol. The SMILES string of the molecule is Cc1ccc(-n2nc(C(=O)Nc3ccc4ccccc4c3)nc2-c2ccc(F)cc2)cc1. The highest BCUT2D eigenvalue weighted by molar-refractivity contribution is 6.03. The Labute approximate surface area is 184 Å². The van der Waals surface area contributed by atoms with Crippen molar-refractivity contribution in [3.05, 3.63) is 108 Å². The molecule has 0 bridgehead atoms. The maximum atomic E-state index is 13.5.